The summed E-state index contributed by atoms with van der Waals surface area (Å²) in [5.74, 6) is -0.0489. The van der Waals surface area contributed by atoms with E-state index in [1.54, 1.807) is 13.0 Å². The van der Waals surface area contributed by atoms with E-state index >= 15 is 0 Å². The molecule has 2 unspecified atom stereocenters. The van der Waals surface area contributed by atoms with Crippen molar-refractivity contribution >= 4 is 6.21 Å². The molecule has 0 aromatic heterocycles. The van der Waals surface area contributed by atoms with Crippen molar-refractivity contribution in [3.8, 4) is 11.5 Å². The number of benzene rings is 2. The second-order valence-corrected chi connectivity index (χ2v) is 4.62. The molecule has 2 rings (SSSR count). The molecule has 0 aliphatic heterocycles. The molecule has 4 nitrogen and oxygen atoms in total. The van der Waals surface area contributed by atoms with Crippen LogP contribution in [0.5, 0.6) is 11.5 Å². The summed E-state index contributed by atoms with van der Waals surface area (Å²) in [4.78, 5) is 4.24. The molecule has 0 amide bonds. The number of hydrogen-bond acceptors (Lipinski definition) is 4. The summed E-state index contributed by atoms with van der Waals surface area (Å²) in [6, 6.07) is 13.2. The van der Waals surface area contributed by atoms with Crippen LogP contribution in [0.15, 0.2) is 53.5 Å². The van der Waals surface area contributed by atoms with E-state index in [2.05, 4.69) is 4.99 Å². The minimum atomic E-state index is -0.702. The van der Waals surface area contributed by atoms with Crippen molar-refractivity contribution in [2.45, 2.75) is 19.1 Å². The quantitative estimate of drug-likeness (QED) is 0.748. The normalized spacial score (nSPS) is 14.3. The summed E-state index contributed by atoms with van der Waals surface area (Å²) in [7, 11) is 0. The molecule has 0 bridgehead atoms. The van der Waals surface area contributed by atoms with Crippen LogP contribution in [-0.4, -0.2) is 27.6 Å². The van der Waals surface area contributed by atoms with Gasteiger partial charge >= 0.3 is 0 Å². The Balaban J connectivity index is 2.11. The van der Waals surface area contributed by atoms with Gasteiger partial charge in [0.25, 0.3) is 0 Å². The number of aliphatic imine (C=N–C) groups is 1. The smallest absolute Gasteiger partial charge is 0.128 e. The first kappa shape index (κ1) is 14.1. The number of aliphatic hydroxyl groups is 1. The third-order valence-electron chi connectivity index (χ3n) is 3.06. The number of aromatic hydroxyl groups is 2. The van der Waals surface area contributed by atoms with Crippen LogP contribution < -0.4 is 0 Å². The molecule has 4 heteroatoms. The molecule has 0 spiro atoms. The van der Waals surface area contributed by atoms with E-state index in [0.29, 0.717) is 5.56 Å². The Hall–Kier alpha value is -2.33. The lowest BCUT2D eigenvalue weighted by atomic mass is 10.0. The molecule has 0 radical (unpaired) electrons. The van der Waals surface area contributed by atoms with Gasteiger partial charge < -0.3 is 15.3 Å². The van der Waals surface area contributed by atoms with Gasteiger partial charge in [-0.15, -0.1) is 0 Å². The second-order valence-electron chi connectivity index (χ2n) is 4.62. The van der Waals surface area contributed by atoms with Crippen molar-refractivity contribution in [2.24, 2.45) is 4.99 Å². The Morgan fingerprint density at radius 1 is 1.05 bits per heavy atom. The van der Waals surface area contributed by atoms with Crippen molar-refractivity contribution < 1.29 is 15.3 Å². The first-order chi connectivity index (χ1) is 9.58. The topological polar surface area (TPSA) is 73.1 Å². The lowest BCUT2D eigenvalue weighted by Gasteiger charge is -2.15. The lowest BCUT2D eigenvalue weighted by molar-refractivity contribution is 0.154. The zero-order valence-corrected chi connectivity index (χ0v) is 11.1. The highest BCUT2D eigenvalue weighted by Gasteiger charge is 2.14. The van der Waals surface area contributed by atoms with Crippen LogP contribution in [-0.2, 0) is 0 Å². The molecule has 0 heterocycles. The average molecular weight is 271 g/mol. The third kappa shape index (κ3) is 3.36. The van der Waals surface area contributed by atoms with Crippen LogP contribution in [0.25, 0.3) is 0 Å². The summed E-state index contributed by atoms with van der Waals surface area (Å²) in [6.45, 7) is 1.80. The van der Waals surface area contributed by atoms with E-state index in [9.17, 15) is 15.3 Å². The summed E-state index contributed by atoms with van der Waals surface area (Å²) in [5.41, 5.74) is 1.29. The molecule has 0 saturated heterocycles. The Labute approximate surface area is 117 Å². The van der Waals surface area contributed by atoms with Crippen molar-refractivity contribution in [1.82, 2.24) is 0 Å². The van der Waals surface area contributed by atoms with Gasteiger partial charge in [0.1, 0.15) is 17.6 Å². The number of phenolic OH excluding ortho intramolecular Hbond substituents is 2. The maximum absolute atomic E-state index is 10.2. The van der Waals surface area contributed by atoms with Crippen molar-refractivity contribution in [3.63, 3.8) is 0 Å². The van der Waals surface area contributed by atoms with Gasteiger partial charge in [0.2, 0.25) is 0 Å². The van der Waals surface area contributed by atoms with Crippen LogP contribution in [0.2, 0.25) is 0 Å². The molecular weight excluding hydrogens is 254 g/mol. The number of nitrogens with zero attached hydrogens (tertiary/aromatic N) is 1. The van der Waals surface area contributed by atoms with E-state index < -0.39 is 6.10 Å². The molecule has 3 N–H and O–H groups in total. The Bertz CT molecular complexity index is 596. The maximum Gasteiger partial charge on any atom is 0.128 e. The van der Waals surface area contributed by atoms with Gasteiger partial charge in [-0.2, -0.15) is 0 Å². The Morgan fingerprint density at radius 2 is 1.75 bits per heavy atom. The first-order valence-corrected chi connectivity index (χ1v) is 6.36. The second kappa shape index (κ2) is 6.21. The number of aliphatic hydroxyl groups excluding tert-OH is 1. The molecule has 0 fully saturated rings. The maximum atomic E-state index is 10.2. The van der Waals surface area contributed by atoms with E-state index in [1.165, 1.54) is 18.3 Å². The summed E-state index contributed by atoms with van der Waals surface area (Å²) in [6.07, 6.45) is 0.790. The van der Waals surface area contributed by atoms with Crippen LogP contribution in [0, 0.1) is 0 Å². The number of phenols is 2. The molecule has 0 aliphatic carbocycles. The summed E-state index contributed by atoms with van der Waals surface area (Å²) in [5, 5.41) is 29.0. The fraction of sp³-hybridized carbons (Fsp3) is 0.188. The number of rotatable bonds is 4. The van der Waals surface area contributed by atoms with Crippen LogP contribution in [0.3, 0.4) is 0 Å². The average Bonchev–Trinajstić information content (AvgIpc) is 2.46. The SMILES string of the molecule is CC(N=Cc1ccc(O)cc1O)C(O)c1ccccc1. The molecule has 2 aromatic rings. The predicted molar refractivity (Wildman–Crippen MR) is 78.2 cm³/mol. The fourth-order valence-corrected chi connectivity index (χ4v) is 1.85. The van der Waals surface area contributed by atoms with Gasteiger partial charge in [0.15, 0.2) is 0 Å². The van der Waals surface area contributed by atoms with E-state index in [-0.39, 0.29) is 17.5 Å². The molecule has 104 valence electrons. The molecule has 2 aromatic carbocycles. The van der Waals surface area contributed by atoms with Crippen molar-refractivity contribution in [2.75, 3.05) is 0 Å². The van der Waals surface area contributed by atoms with Gasteiger partial charge in [-0.3, -0.25) is 4.99 Å². The zero-order chi connectivity index (χ0) is 14.5. The third-order valence-corrected chi connectivity index (χ3v) is 3.06. The van der Waals surface area contributed by atoms with Crippen LogP contribution in [0.1, 0.15) is 24.2 Å². The molecular formula is C16H17NO3. The minimum Gasteiger partial charge on any atom is -0.508 e. The lowest BCUT2D eigenvalue weighted by Crippen LogP contribution is -2.12. The van der Waals surface area contributed by atoms with Gasteiger partial charge in [-0.25, -0.2) is 0 Å². The van der Waals surface area contributed by atoms with Gasteiger partial charge in [0.05, 0.1) is 6.04 Å². The molecule has 0 saturated carbocycles. The standard InChI is InChI=1S/C16H17NO3/c1-11(16(20)12-5-3-2-4-6-12)17-10-13-7-8-14(18)9-15(13)19/h2-11,16,18-20H,1H3. The summed E-state index contributed by atoms with van der Waals surface area (Å²) >= 11 is 0. The van der Waals surface area contributed by atoms with Crippen molar-refractivity contribution in [3.05, 3.63) is 59.7 Å². The summed E-state index contributed by atoms with van der Waals surface area (Å²) < 4.78 is 0. The van der Waals surface area contributed by atoms with E-state index in [0.717, 1.165) is 5.56 Å². The van der Waals surface area contributed by atoms with Gasteiger partial charge in [-0.1, -0.05) is 30.3 Å². The largest absolute Gasteiger partial charge is 0.508 e. The van der Waals surface area contributed by atoms with Crippen LogP contribution in [0.4, 0.5) is 0 Å². The fourth-order valence-electron chi connectivity index (χ4n) is 1.85. The Kier molecular flexibility index (Phi) is 4.38. The van der Waals surface area contributed by atoms with E-state index in [4.69, 9.17) is 0 Å². The highest BCUT2D eigenvalue weighted by molar-refractivity contribution is 5.83. The predicted octanol–water partition coefficient (Wildman–Crippen LogP) is 2.64. The minimum absolute atomic E-state index is 0.00276. The zero-order valence-electron chi connectivity index (χ0n) is 11.1. The molecule has 2 atom stereocenters. The van der Waals surface area contributed by atoms with Gasteiger partial charge in [0, 0.05) is 17.8 Å². The van der Waals surface area contributed by atoms with Crippen LogP contribution >= 0.6 is 0 Å². The van der Waals surface area contributed by atoms with Crippen molar-refractivity contribution in [1.29, 1.82) is 0 Å². The highest BCUT2D eigenvalue weighted by Crippen LogP contribution is 2.22. The first-order valence-electron chi connectivity index (χ1n) is 6.36. The Morgan fingerprint density at radius 3 is 2.40 bits per heavy atom. The monoisotopic (exact) mass is 271 g/mol. The number of hydrogen-bond donors (Lipinski definition) is 3. The highest BCUT2D eigenvalue weighted by atomic mass is 16.3. The molecule has 0 aliphatic rings. The van der Waals surface area contributed by atoms with Gasteiger partial charge in [-0.05, 0) is 24.6 Å². The van der Waals surface area contributed by atoms with E-state index in [1.807, 2.05) is 30.3 Å². The molecule has 20 heavy (non-hydrogen) atoms.